The van der Waals surface area contributed by atoms with E-state index in [0.29, 0.717) is 49.0 Å². The van der Waals surface area contributed by atoms with Gasteiger partial charge in [-0.2, -0.15) is 18.3 Å². The molecule has 0 aliphatic heterocycles. The Kier molecular flexibility index (Phi) is 9.75. The largest absolute Gasteiger partial charge is 0.496 e. The highest BCUT2D eigenvalue weighted by Crippen LogP contribution is 2.38. The van der Waals surface area contributed by atoms with E-state index in [-0.39, 0.29) is 47.2 Å². The smallest absolute Gasteiger partial charge is 0.391 e. The van der Waals surface area contributed by atoms with Crippen molar-refractivity contribution in [1.29, 1.82) is 0 Å². The molecule has 1 aliphatic rings. The molecule has 1 heterocycles. The third-order valence-corrected chi connectivity index (χ3v) is 9.03. The van der Waals surface area contributed by atoms with Crippen LogP contribution in [0.1, 0.15) is 48.7 Å². The molecule has 13 heteroatoms. The average molecular weight is 580 g/mol. The number of aromatic nitrogens is 2. The summed E-state index contributed by atoms with van der Waals surface area (Å²) in [5, 5.41) is 16.3. The van der Waals surface area contributed by atoms with Gasteiger partial charge in [-0.05, 0) is 55.7 Å². The van der Waals surface area contributed by atoms with E-state index in [1.807, 2.05) is 0 Å². The Morgan fingerprint density at radius 1 is 1.29 bits per heavy atom. The van der Waals surface area contributed by atoms with E-state index in [1.54, 1.807) is 12.1 Å². The second kappa shape index (κ2) is 12.3. The number of ether oxygens (including phenoxy) is 1. The maximum atomic E-state index is 13.0. The number of aliphatic hydroxyl groups excluding tert-OH is 1. The molecule has 1 amide bonds. The molecule has 1 fully saturated rings. The van der Waals surface area contributed by atoms with Crippen molar-refractivity contribution in [2.75, 3.05) is 26.5 Å². The molecule has 1 saturated carbocycles. The van der Waals surface area contributed by atoms with Crippen LogP contribution in [0, 0.1) is 11.8 Å². The Morgan fingerprint density at radius 3 is 2.50 bits per heavy atom. The third kappa shape index (κ3) is 7.20. The monoisotopic (exact) mass is 579 g/mol. The van der Waals surface area contributed by atoms with Crippen LogP contribution < -0.4 is 10.1 Å². The fraction of sp³-hybridized carbons (Fsp3) is 0.600. The lowest BCUT2D eigenvalue weighted by molar-refractivity contribution is -0.169. The fourth-order valence-electron chi connectivity index (χ4n) is 4.71. The summed E-state index contributed by atoms with van der Waals surface area (Å²) in [6.07, 6.45) is -0.875. The molecule has 0 spiro atoms. The molecule has 1 unspecified atom stereocenters. The lowest BCUT2D eigenvalue weighted by Crippen LogP contribution is -2.34. The van der Waals surface area contributed by atoms with Gasteiger partial charge in [-0.1, -0.05) is 24.6 Å². The summed E-state index contributed by atoms with van der Waals surface area (Å²) in [6.45, 7) is 1.17. The highest BCUT2D eigenvalue weighted by atomic mass is 35.5. The van der Waals surface area contributed by atoms with Gasteiger partial charge >= 0.3 is 6.18 Å². The van der Waals surface area contributed by atoms with E-state index >= 15 is 0 Å². The number of sulfone groups is 1. The lowest BCUT2D eigenvalue weighted by atomic mass is 9.89. The van der Waals surface area contributed by atoms with E-state index < -0.39 is 27.8 Å². The molecule has 0 radical (unpaired) electrons. The van der Waals surface area contributed by atoms with Crippen molar-refractivity contribution in [2.24, 2.45) is 11.8 Å². The summed E-state index contributed by atoms with van der Waals surface area (Å²) in [6, 6.07) is 4.60. The van der Waals surface area contributed by atoms with Gasteiger partial charge in [-0.3, -0.25) is 9.48 Å². The maximum Gasteiger partial charge on any atom is 0.391 e. The number of halogens is 4. The first-order chi connectivity index (χ1) is 17.8. The number of carbonyl (C=O) groups excluding carboxylic acids is 1. The van der Waals surface area contributed by atoms with Gasteiger partial charge in [0.2, 0.25) is 0 Å². The van der Waals surface area contributed by atoms with Crippen molar-refractivity contribution < 1.29 is 36.2 Å². The number of hydrogen-bond donors (Lipinski definition) is 2. The van der Waals surface area contributed by atoms with Gasteiger partial charge in [0.25, 0.3) is 5.91 Å². The molecule has 0 saturated heterocycles. The molecule has 1 atom stereocenters. The molecule has 2 aromatic rings. The third-order valence-electron chi connectivity index (χ3n) is 6.99. The molecule has 8 nitrogen and oxygen atoms in total. The summed E-state index contributed by atoms with van der Waals surface area (Å²) in [5.74, 6) is -1.68. The zero-order valence-corrected chi connectivity index (χ0v) is 23.1. The number of alkyl halides is 3. The lowest BCUT2D eigenvalue weighted by Gasteiger charge is -2.27. The normalized spacial score (nSPS) is 19.3. The topological polar surface area (TPSA) is 111 Å². The number of carbonyl (C=O) groups is 1. The molecule has 1 aliphatic carbocycles. The second-order valence-corrected chi connectivity index (χ2v) is 12.5. The Bertz CT molecular complexity index is 1240. The maximum absolute atomic E-state index is 13.0. The molecule has 2 N–H and O–H groups in total. The predicted molar refractivity (Wildman–Crippen MR) is 138 cm³/mol. The zero-order chi connectivity index (χ0) is 28.3. The summed E-state index contributed by atoms with van der Waals surface area (Å²) >= 11 is 6.60. The molecule has 3 rings (SSSR count). The highest BCUT2D eigenvalue weighted by Gasteiger charge is 2.36. The molecule has 1 aromatic carbocycles. The van der Waals surface area contributed by atoms with Gasteiger partial charge in [0.1, 0.15) is 15.6 Å². The van der Waals surface area contributed by atoms with Crippen LogP contribution in [0.25, 0.3) is 11.3 Å². The van der Waals surface area contributed by atoms with E-state index in [1.165, 1.54) is 24.1 Å². The summed E-state index contributed by atoms with van der Waals surface area (Å²) < 4.78 is 69.4. The van der Waals surface area contributed by atoms with Crippen LogP contribution in [0.4, 0.5) is 13.2 Å². The molecular formula is C25H33ClF3N3O5S. The van der Waals surface area contributed by atoms with Gasteiger partial charge < -0.3 is 15.2 Å². The van der Waals surface area contributed by atoms with Crippen molar-refractivity contribution in [3.8, 4) is 17.0 Å². The van der Waals surface area contributed by atoms with Crippen LogP contribution in [0.3, 0.4) is 0 Å². The summed E-state index contributed by atoms with van der Waals surface area (Å²) in [4.78, 5) is 13.0. The van der Waals surface area contributed by atoms with Crippen LogP contribution in [0.15, 0.2) is 18.2 Å². The van der Waals surface area contributed by atoms with Crippen molar-refractivity contribution in [2.45, 2.75) is 57.0 Å². The summed E-state index contributed by atoms with van der Waals surface area (Å²) in [5.41, 5.74) is 1.08. The number of benzene rings is 1. The Labute approximate surface area is 225 Å². The number of rotatable bonds is 10. The Hall–Kier alpha value is -2.31. The Balaban J connectivity index is 1.81. The first-order valence-corrected chi connectivity index (χ1v) is 14.7. The number of hydrogen-bond acceptors (Lipinski definition) is 6. The molecule has 38 heavy (non-hydrogen) atoms. The van der Waals surface area contributed by atoms with Crippen molar-refractivity contribution in [3.05, 3.63) is 34.5 Å². The predicted octanol–water partition coefficient (Wildman–Crippen LogP) is 4.28. The number of methoxy groups -OCH3 is 1. The van der Waals surface area contributed by atoms with Gasteiger partial charge in [0.15, 0.2) is 5.69 Å². The minimum absolute atomic E-state index is 0.0199. The minimum atomic E-state index is -4.33. The van der Waals surface area contributed by atoms with Crippen molar-refractivity contribution in [3.63, 3.8) is 0 Å². The molecular weight excluding hydrogens is 547 g/mol. The molecule has 1 aromatic heterocycles. The number of aliphatic hydroxyl groups is 1. The molecule has 212 valence electrons. The van der Waals surface area contributed by atoms with E-state index in [2.05, 4.69) is 10.4 Å². The van der Waals surface area contributed by atoms with Gasteiger partial charge in [0.05, 0.1) is 42.1 Å². The van der Waals surface area contributed by atoms with Crippen LogP contribution in [0.2, 0.25) is 5.02 Å². The quantitative estimate of drug-likeness (QED) is 0.435. The fourth-order valence-corrected chi connectivity index (χ4v) is 6.16. The number of nitrogens with one attached hydrogen (secondary N) is 1. The van der Waals surface area contributed by atoms with E-state index in [9.17, 15) is 31.5 Å². The zero-order valence-electron chi connectivity index (χ0n) is 21.5. The van der Waals surface area contributed by atoms with E-state index in [4.69, 9.17) is 16.3 Å². The van der Waals surface area contributed by atoms with Crippen molar-refractivity contribution in [1.82, 2.24) is 15.1 Å². The summed E-state index contributed by atoms with van der Waals surface area (Å²) in [7, 11) is -1.70. The average Bonchev–Trinajstić information content (AvgIpc) is 3.17. The van der Waals surface area contributed by atoms with Crippen LogP contribution in [-0.4, -0.2) is 67.2 Å². The van der Waals surface area contributed by atoms with Crippen molar-refractivity contribution >= 4 is 27.3 Å². The molecule has 0 bridgehead atoms. The number of nitrogens with zero attached hydrogens (tertiary/aromatic N) is 2. The SMILES string of the molecule is COc1cc(CC(C)C(F)(F)F)ccc1-c1c(Cl)c(C(=O)NC[C@H]2CC[C@H](S(C)(=O)=O)CC2)nn1CCO. The Morgan fingerprint density at radius 2 is 1.95 bits per heavy atom. The first kappa shape index (κ1) is 30.2. The van der Waals surface area contributed by atoms with Crippen LogP contribution >= 0.6 is 11.6 Å². The number of amides is 1. The first-order valence-electron chi connectivity index (χ1n) is 12.3. The highest BCUT2D eigenvalue weighted by molar-refractivity contribution is 7.91. The van der Waals surface area contributed by atoms with Crippen LogP contribution in [-0.2, 0) is 22.8 Å². The van der Waals surface area contributed by atoms with Gasteiger partial charge in [0, 0.05) is 18.4 Å². The second-order valence-electron chi connectivity index (χ2n) is 9.82. The standard InChI is InChI=1S/C25H33ClF3N3O5S/c1-15(25(27,28)29)12-17-6-9-19(20(13-17)37-2)23-21(26)22(31-32(23)10-11-33)24(34)30-14-16-4-7-18(8-5-16)38(3,35)36/h6,9,13,15-16,18,33H,4-5,7-8,10-12,14H2,1-3H3,(H,30,34)/t15?,16-,18-. The van der Waals surface area contributed by atoms with E-state index in [0.717, 1.165) is 6.92 Å². The van der Waals surface area contributed by atoms with Gasteiger partial charge in [-0.15, -0.1) is 0 Å². The minimum Gasteiger partial charge on any atom is -0.496 e. The van der Waals surface area contributed by atoms with Gasteiger partial charge in [-0.25, -0.2) is 8.42 Å². The van der Waals surface area contributed by atoms with Crippen LogP contribution in [0.5, 0.6) is 5.75 Å².